The molecule has 4 aliphatic carbocycles. The largest absolute Gasteiger partial charge is 0.379 e. The molecule has 0 heterocycles. The second-order valence-corrected chi connectivity index (χ2v) is 6.16. The minimum absolute atomic E-state index is 0.547. The van der Waals surface area contributed by atoms with Crippen LogP contribution in [0.5, 0.6) is 0 Å². The summed E-state index contributed by atoms with van der Waals surface area (Å²) in [6.45, 7) is 1.99. The molecule has 0 aromatic heterocycles. The zero-order chi connectivity index (χ0) is 11.3. The van der Waals surface area contributed by atoms with Gasteiger partial charge in [0.1, 0.15) is 0 Å². The Kier molecular flexibility index (Phi) is 2.34. The van der Waals surface area contributed by atoms with Crippen LogP contribution < -0.4 is 0 Å². The molecule has 4 rings (SSSR count). The monoisotopic (exact) mass is 219 g/mol. The van der Waals surface area contributed by atoms with Crippen LogP contribution in [0.25, 0.3) is 0 Å². The fourth-order valence-electron chi connectivity index (χ4n) is 4.95. The lowest BCUT2D eigenvalue weighted by molar-refractivity contribution is -0.137. The Labute approximate surface area is 96.7 Å². The van der Waals surface area contributed by atoms with Crippen molar-refractivity contribution in [2.45, 2.75) is 39.0 Å². The van der Waals surface area contributed by atoms with E-state index in [0.717, 1.165) is 29.2 Å². The summed E-state index contributed by atoms with van der Waals surface area (Å²) in [4.78, 5) is 10.7. The molecule has 0 N–H and O–H groups in total. The highest BCUT2D eigenvalue weighted by Gasteiger charge is 2.48. The smallest absolute Gasteiger partial charge is 0.242 e. The van der Waals surface area contributed by atoms with Crippen LogP contribution in [0.1, 0.15) is 39.0 Å². The summed E-state index contributed by atoms with van der Waals surface area (Å²) in [5.74, 6) is 2.97. The van der Waals surface area contributed by atoms with Crippen molar-refractivity contribution in [2.24, 2.45) is 29.6 Å². The van der Waals surface area contributed by atoms with Crippen molar-refractivity contribution in [3.05, 3.63) is 11.6 Å². The van der Waals surface area contributed by atoms with Gasteiger partial charge in [0.05, 0.1) is 0 Å². The minimum atomic E-state index is -1.02. The number of carbonyl (C=O) groups is 1. The standard InChI is InChI=1S/C14H19O2/c1-8(2-13(15)16)14-11-4-9-3-10(6-11)7-12(14)5-9/h2,9-12,14H,3-7H2,1H3. The van der Waals surface area contributed by atoms with Gasteiger partial charge in [-0.25, -0.2) is 9.90 Å². The highest BCUT2D eigenvalue weighted by Crippen LogP contribution is 2.58. The number of allylic oxidation sites excluding steroid dienone is 1. The lowest BCUT2D eigenvalue weighted by Crippen LogP contribution is -2.45. The Morgan fingerprint density at radius 1 is 1.00 bits per heavy atom. The van der Waals surface area contributed by atoms with Crippen LogP contribution in [0.15, 0.2) is 11.6 Å². The van der Waals surface area contributed by atoms with Gasteiger partial charge in [-0.2, -0.15) is 0 Å². The average Bonchev–Trinajstić information content (AvgIpc) is 2.13. The number of carbonyl (C=O) groups excluding carboxylic acids is 1. The Morgan fingerprint density at radius 2 is 1.50 bits per heavy atom. The van der Waals surface area contributed by atoms with Crippen LogP contribution in [0, 0.1) is 29.6 Å². The lowest BCUT2D eigenvalue weighted by atomic mass is 9.50. The summed E-state index contributed by atoms with van der Waals surface area (Å²) < 4.78 is 0. The number of rotatable bonds is 2. The molecule has 0 spiro atoms. The van der Waals surface area contributed by atoms with Crippen molar-refractivity contribution < 1.29 is 9.90 Å². The van der Waals surface area contributed by atoms with Crippen molar-refractivity contribution in [1.29, 1.82) is 0 Å². The molecule has 0 aromatic rings. The normalized spacial score (nSPS) is 46.1. The van der Waals surface area contributed by atoms with E-state index >= 15 is 0 Å². The van der Waals surface area contributed by atoms with Crippen LogP contribution in [-0.4, -0.2) is 5.97 Å². The van der Waals surface area contributed by atoms with Crippen molar-refractivity contribution in [3.63, 3.8) is 0 Å². The average molecular weight is 219 g/mol. The van der Waals surface area contributed by atoms with E-state index in [9.17, 15) is 9.90 Å². The second-order valence-electron chi connectivity index (χ2n) is 6.16. The van der Waals surface area contributed by atoms with E-state index < -0.39 is 5.97 Å². The van der Waals surface area contributed by atoms with Crippen LogP contribution in [-0.2, 0) is 9.90 Å². The zero-order valence-electron chi connectivity index (χ0n) is 9.82. The van der Waals surface area contributed by atoms with E-state index in [4.69, 9.17) is 0 Å². The second kappa shape index (κ2) is 3.61. The SMILES string of the molecule is CC(=CC([O])=O)C1C2CC3CC(C2)CC1C3. The highest BCUT2D eigenvalue weighted by molar-refractivity contribution is 5.80. The van der Waals surface area contributed by atoms with Crippen molar-refractivity contribution in [1.82, 2.24) is 0 Å². The first-order chi connectivity index (χ1) is 7.63. The summed E-state index contributed by atoms with van der Waals surface area (Å²) >= 11 is 0. The van der Waals surface area contributed by atoms with Crippen molar-refractivity contribution in [3.8, 4) is 0 Å². The molecule has 0 aliphatic heterocycles. The number of hydrogen-bond acceptors (Lipinski definition) is 1. The van der Waals surface area contributed by atoms with Gasteiger partial charge in [-0.1, -0.05) is 5.57 Å². The quantitative estimate of drug-likeness (QED) is 0.658. The van der Waals surface area contributed by atoms with E-state index in [1.807, 2.05) is 6.92 Å². The molecule has 4 aliphatic rings. The Balaban J connectivity index is 1.84. The maximum atomic E-state index is 10.7. The van der Waals surface area contributed by atoms with Gasteiger partial charge in [0.15, 0.2) is 0 Å². The van der Waals surface area contributed by atoms with Gasteiger partial charge in [-0.3, -0.25) is 0 Å². The van der Waals surface area contributed by atoms with Crippen LogP contribution in [0.2, 0.25) is 0 Å². The molecule has 87 valence electrons. The van der Waals surface area contributed by atoms with Crippen LogP contribution >= 0.6 is 0 Å². The van der Waals surface area contributed by atoms with Gasteiger partial charge in [0.2, 0.25) is 0 Å². The molecule has 2 heteroatoms. The first-order valence-corrected chi connectivity index (χ1v) is 6.52. The van der Waals surface area contributed by atoms with Gasteiger partial charge >= 0.3 is 5.97 Å². The predicted octanol–water partition coefficient (Wildman–Crippen LogP) is 2.96. The molecule has 0 aromatic carbocycles. The van der Waals surface area contributed by atoms with E-state index in [1.54, 1.807) is 0 Å². The Bertz CT molecular complexity index is 315. The molecule has 4 saturated carbocycles. The van der Waals surface area contributed by atoms with Crippen LogP contribution in [0.3, 0.4) is 0 Å². The van der Waals surface area contributed by atoms with E-state index in [1.165, 1.54) is 38.2 Å². The fraction of sp³-hybridized carbons (Fsp3) is 0.786. The van der Waals surface area contributed by atoms with E-state index in [2.05, 4.69) is 0 Å². The summed E-state index contributed by atoms with van der Waals surface area (Å²) in [6, 6.07) is 0. The fourth-order valence-corrected chi connectivity index (χ4v) is 4.95. The van der Waals surface area contributed by atoms with Gasteiger partial charge in [-0.05, 0) is 68.6 Å². The maximum Gasteiger partial charge on any atom is 0.379 e. The molecule has 4 fully saturated rings. The molecule has 0 amide bonds. The molecule has 0 atom stereocenters. The third-order valence-electron chi connectivity index (χ3n) is 5.10. The Morgan fingerprint density at radius 3 is 1.94 bits per heavy atom. The minimum Gasteiger partial charge on any atom is -0.242 e. The first kappa shape index (κ1) is 10.4. The van der Waals surface area contributed by atoms with Gasteiger partial charge in [0, 0.05) is 6.08 Å². The topological polar surface area (TPSA) is 37.0 Å². The number of hydrogen-bond donors (Lipinski definition) is 0. The van der Waals surface area contributed by atoms with Gasteiger partial charge in [-0.15, -0.1) is 0 Å². The van der Waals surface area contributed by atoms with E-state index in [-0.39, 0.29) is 0 Å². The molecule has 2 nitrogen and oxygen atoms in total. The predicted molar refractivity (Wildman–Crippen MR) is 60.0 cm³/mol. The molecule has 4 bridgehead atoms. The van der Waals surface area contributed by atoms with Crippen LogP contribution in [0.4, 0.5) is 0 Å². The molecule has 0 unspecified atom stereocenters. The van der Waals surface area contributed by atoms with E-state index in [0.29, 0.717) is 5.92 Å². The third-order valence-corrected chi connectivity index (χ3v) is 5.10. The highest BCUT2D eigenvalue weighted by atomic mass is 16.4. The lowest BCUT2D eigenvalue weighted by Gasteiger charge is -2.54. The molecule has 1 radical (unpaired) electrons. The molecular formula is C14H19O2. The third kappa shape index (κ3) is 1.59. The zero-order valence-corrected chi connectivity index (χ0v) is 9.82. The molecule has 16 heavy (non-hydrogen) atoms. The Hall–Kier alpha value is -0.790. The summed E-state index contributed by atoms with van der Waals surface area (Å²) in [5, 5.41) is 10.7. The molecular weight excluding hydrogens is 200 g/mol. The van der Waals surface area contributed by atoms with Crippen molar-refractivity contribution in [2.75, 3.05) is 0 Å². The first-order valence-electron chi connectivity index (χ1n) is 6.52. The van der Waals surface area contributed by atoms with Gasteiger partial charge < -0.3 is 0 Å². The molecule has 0 saturated heterocycles. The van der Waals surface area contributed by atoms with Crippen molar-refractivity contribution >= 4 is 5.97 Å². The summed E-state index contributed by atoms with van der Waals surface area (Å²) in [5.41, 5.74) is 1.06. The van der Waals surface area contributed by atoms with Gasteiger partial charge in [0.25, 0.3) is 0 Å². The summed E-state index contributed by atoms with van der Waals surface area (Å²) in [7, 11) is 0. The maximum absolute atomic E-state index is 10.7. The summed E-state index contributed by atoms with van der Waals surface area (Å²) in [6.07, 6.45) is 8.16.